The Hall–Kier alpha value is -3.12. The molecule has 1 heterocycles. The molecule has 1 unspecified atom stereocenters. The van der Waals surface area contributed by atoms with Crippen molar-refractivity contribution in [3.63, 3.8) is 0 Å². The van der Waals surface area contributed by atoms with Gasteiger partial charge in [0.05, 0.1) is 6.07 Å². The summed E-state index contributed by atoms with van der Waals surface area (Å²) in [5, 5.41) is 9.44. The number of carbonyl (C=O) groups is 1. The van der Waals surface area contributed by atoms with Gasteiger partial charge in [-0.25, -0.2) is 0 Å². The Kier molecular flexibility index (Phi) is 3.84. The van der Waals surface area contributed by atoms with Crippen LogP contribution in [0.15, 0.2) is 66.9 Å². The first-order valence-corrected chi connectivity index (χ1v) is 7.02. The van der Waals surface area contributed by atoms with Gasteiger partial charge in [0.15, 0.2) is 0 Å². The lowest BCUT2D eigenvalue weighted by Crippen LogP contribution is -2.30. The maximum Gasteiger partial charge on any atom is 0.251 e. The summed E-state index contributed by atoms with van der Waals surface area (Å²) in [6, 6.07) is 18.9. The Morgan fingerprint density at radius 3 is 2.59 bits per heavy atom. The molecule has 0 saturated carbocycles. The predicted molar refractivity (Wildman–Crippen MR) is 86.2 cm³/mol. The van der Waals surface area contributed by atoms with Crippen molar-refractivity contribution in [2.75, 3.05) is 0 Å². The molecule has 3 rings (SSSR count). The lowest BCUT2D eigenvalue weighted by atomic mass is 9.97. The summed E-state index contributed by atoms with van der Waals surface area (Å²) < 4.78 is 0. The summed E-state index contributed by atoms with van der Waals surface area (Å²) in [6.07, 6.45) is 6.79. The highest BCUT2D eigenvalue weighted by molar-refractivity contribution is 5.94. The largest absolute Gasteiger partial charge is 0.295 e. The van der Waals surface area contributed by atoms with E-state index in [2.05, 4.69) is 6.07 Å². The van der Waals surface area contributed by atoms with Gasteiger partial charge in [-0.05, 0) is 28.8 Å². The highest BCUT2D eigenvalue weighted by Gasteiger charge is 2.26. The minimum Gasteiger partial charge on any atom is -0.295 e. The lowest BCUT2D eigenvalue weighted by Gasteiger charge is -2.27. The van der Waals surface area contributed by atoms with Gasteiger partial charge in [-0.2, -0.15) is 5.26 Å². The molecule has 0 bridgehead atoms. The zero-order valence-electron chi connectivity index (χ0n) is 11.9. The van der Waals surface area contributed by atoms with E-state index in [4.69, 9.17) is 0 Å². The molecular formula is C19H14N2O. The van der Waals surface area contributed by atoms with Gasteiger partial charge in [-0.3, -0.25) is 9.69 Å². The zero-order chi connectivity index (χ0) is 15.4. The van der Waals surface area contributed by atoms with Crippen molar-refractivity contribution < 1.29 is 4.79 Å². The first kappa shape index (κ1) is 13.8. The van der Waals surface area contributed by atoms with Gasteiger partial charge in [-0.15, -0.1) is 0 Å². The van der Waals surface area contributed by atoms with Crippen LogP contribution in [0, 0.1) is 11.3 Å². The topological polar surface area (TPSA) is 44.1 Å². The van der Waals surface area contributed by atoms with Crippen molar-refractivity contribution in [3.8, 4) is 6.07 Å². The van der Waals surface area contributed by atoms with Gasteiger partial charge in [0.2, 0.25) is 0 Å². The van der Waals surface area contributed by atoms with Crippen LogP contribution in [-0.2, 0) is 4.79 Å². The maximum absolute atomic E-state index is 12.4. The molecule has 1 aliphatic rings. The van der Waals surface area contributed by atoms with Gasteiger partial charge in [-0.1, -0.05) is 54.6 Å². The SMILES string of the molecule is N#CC1c2ccccc2C=CN1C(=O)/C=C/c1ccccc1. The number of nitrogens with zero attached hydrogens (tertiary/aromatic N) is 2. The van der Waals surface area contributed by atoms with E-state index in [0.717, 1.165) is 16.7 Å². The molecule has 0 aromatic heterocycles. The molecule has 106 valence electrons. The van der Waals surface area contributed by atoms with Gasteiger partial charge in [0.1, 0.15) is 6.04 Å². The average Bonchev–Trinajstić information content (AvgIpc) is 2.59. The van der Waals surface area contributed by atoms with Crippen LogP contribution < -0.4 is 0 Å². The van der Waals surface area contributed by atoms with Crippen LogP contribution in [-0.4, -0.2) is 10.8 Å². The molecule has 3 nitrogen and oxygen atoms in total. The van der Waals surface area contributed by atoms with Crippen LogP contribution in [0.25, 0.3) is 12.2 Å². The van der Waals surface area contributed by atoms with E-state index in [1.807, 2.05) is 60.7 Å². The van der Waals surface area contributed by atoms with Crippen molar-refractivity contribution in [2.24, 2.45) is 0 Å². The molecular weight excluding hydrogens is 272 g/mol. The maximum atomic E-state index is 12.4. The van der Waals surface area contributed by atoms with Gasteiger partial charge >= 0.3 is 0 Å². The highest BCUT2D eigenvalue weighted by Crippen LogP contribution is 2.29. The minimum absolute atomic E-state index is 0.207. The van der Waals surface area contributed by atoms with Crippen molar-refractivity contribution in [3.05, 3.63) is 83.6 Å². The number of benzene rings is 2. The molecule has 0 aliphatic carbocycles. The number of hydrogen-bond donors (Lipinski definition) is 0. The Morgan fingerprint density at radius 1 is 1.09 bits per heavy atom. The molecule has 0 saturated heterocycles. The molecule has 1 amide bonds. The van der Waals surface area contributed by atoms with Gasteiger partial charge < -0.3 is 0 Å². The Labute approximate surface area is 129 Å². The van der Waals surface area contributed by atoms with Crippen molar-refractivity contribution >= 4 is 18.1 Å². The molecule has 0 spiro atoms. The predicted octanol–water partition coefficient (Wildman–Crippen LogP) is 3.78. The standard InChI is InChI=1S/C19H14N2O/c20-14-18-17-9-5-4-8-16(17)12-13-21(18)19(22)11-10-15-6-2-1-3-7-15/h1-13,18H/b11-10+. The summed E-state index contributed by atoms with van der Waals surface area (Å²) in [4.78, 5) is 13.8. The summed E-state index contributed by atoms with van der Waals surface area (Å²) >= 11 is 0. The van der Waals surface area contributed by atoms with Crippen LogP contribution in [0.5, 0.6) is 0 Å². The molecule has 2 aromatic rings. The summed E-state index contributed by atoms with van der Waals surface area (Å²) in [5.74, 6) is -0.207. The quantitative estimate of drug-likeness (QED) is 0.789. The normalized spacial score (nSPS) is 16.3. The van der Waals surface area contributed by atoms with E-state index >= 15 is 0 Å². The van der Waals surface area contributed by atoms with Crippen LogP contribution >= 0.6 is 0 Å². The third kappa shape index (κ3) is 2.68. The number of amides is 1. The van der Waals surface area contributed by atoms with Gasteiger partial charge in [0.25, 0.3) is 5.91 Å². The van der Waals surface area contributed by atoms with Crippen LogP contribution in [0.3, 0.4) is 0 Å². The van der Waals surface area contributed by atoms with E-state index < -0.39 is 6.04 Å². The Bertz CT molecular complexity index is 785. The zero-order valence-corrected chi connectivity index (χ0v) is 11.9. The van der Waals surface area contributed by atoms with Crippen molar-refractivity contribution in [1.82, 2.24) is 4.90 Å². The van der Waals surface area contributed by atoms with Crippen molar-refractivity contribution in [1.29, 1.82) is 5.26 Å². The number of hydrogen-bond acceptors (Lipinski definition) is 2. The average molecular weight is 286 g/mol. The highest BCUT2D eigenvalue weighted by atomic mass is 16.2. The Morgan fingerprint density at radius 2 is 1.82 bits per heavy atom. The third-order valence-corrected chi connectivity index (χ3v) is 3.58. The molecule has 3 heteroatoms. The lowest BCUT2D eigenvalue weighted by molar-refractivity contribution is -0.124. The second kappa shape index (κ2) is 6.11. The van der Waals surface area contributed by atoms with Crippen LogP contribution in [0.2, 0.25) is 0 Å². The van der Waals surface area contributed by atoms with Crippen LogP contribution in [0.1, 0.15) is 22.7 Å². The first-order valence-electron chi connectivity index (χ1n) is 7.02. The first-order chi connectivity index (χ1) is 10.8. The second-order valence-electron chi connectivity index (χ2n) is 4.97. The number of nitriles is 1. The fourth-order valence-electron chi connectivity index (χ4n) is 2.46. The number of fused-ring (bicyclic) bond motifs is 1. The molecule has 1 atom stereocenters. The molecule has 0 radical (unpaired) electrons. The van der Waals surface area contributed by atoms with E-state index in [-0.39, 0.29) is 5.91 Å². The molecule has 2 aromatic carbocycles. The van der Waals surface area contributed by atoms with E-state index in [0.29, 0.717) is 0 Å². The molecule has 22 heavy (non-hydrogen) atoms. The van der Waals surface area contributed by atoms with Crippen molar-refractivity contribution in [2.45, 2.75) is 6.04 Å². The molecule has 0 N–H and O–H groups in total. The summed E-state index contributed by atoms with van der Waals surface area (Å²) in [7, 11) is 0. The third-order valence-electron chi connectivity index (χ3n) is 3.58. The van der Waals surface area contributed by atoms with E-state index in [1.54, 1.807) is 12.3 Å². The second-order valence-corrected chi connectivity index (χ2v) is 4.97. The molecule has 0 fully saturated rings. The fraction of sp³-hybridized carbons (Fsp3) is 0.0526. The minimum atomic E-state index is -0.589. The van der Waals surface area contributed by atoms with E-state index in [9.17, 15) is 10.1 Å². The summed E-state index contributed by atoms with van der Waals surface area (Å²) in [6.45, 7) is 0. The number of rotatable bonds is 2. The monoisotopic (exact) mass is 286 g/mol. The summed E-state index contributed by atoms with van der Waals surface area (Å²) in [5.41, 5.74) is 2.78. The van der Waals surface area contributed by atoms with Crippen LogP contribution in [0.4, 0.5) is 0 Å². The smallest absolute Gasteiger partial charge is 0.251 e. The Balaban J connectivity index is 1.85. The van der Waals surface area contributed by atoms with E-state index in [1.165, 1.54) is 11.0 Å². The number of carbonyl (C=O) groups excluding carboxylic acids is 1. The van der Waals surface area contributed by atoms with Gasteiger partial charge in [0, 0.05) is 12.3 Å². The fourth-order valence-corrected chi connectivity index (χ4v) is 2.46. The molecule has 1 aliphatic heterocycles.